The first-order valence-electron chi connectivity index (χ1n) is 4.68. The molecular formula is C12H15NO. The molecule has 0 fully saturated rings. The van der Waals surface area contributed by atoms with Gasteiger partial charge in [-0.2, -0.15) is 0 Å². The molecule has 0 heterocycles. The molecule has 1 aromatic rings. The molecule has 1 aromatic carbocycles. The van der Waals surface area contributed by atoms with Crippen molar-refractivity contribution in [1.82, 2.24) is 0 Å². The van der Waals surface area contributed by atoms with Crippen molar-refractivity contribution in [3.63, 3.8) is 0 Å². The van der Waals surface area contributed by atoms with Crippen molar-refractivity contribution in [1.29, 1.82) is 0 Å². The van der Waals surface area contributed by atoms with Gasteiger partial charge in [-0.25, -0.2) is 0 Å². The molecule has 2 heteroatoms. The Kier molecular flexibility index (Phi) is 3.14. The van der Waals surface area contributed by atoms with Crippen LogP contribution in [0, 0.1) is 16.7 Å². The molecule has 0 amide bonds. The van der Waals surface area contributed by atoms with E-state index in [0.29, 0.717) is 0 Å². The summed E-state index contributed by atoms with van der Waals surface area (Å²) in [6.45, 7) is 6.22. The van der Waals surface area contributed by atoms with Crippen LogP contribution in [0.25, 0.3) is 5.01 Å². The molecule has 74 valence electrons. The molecule has 0 N–H and O–H groups in total. The third-order valence-corrected chi connectivity index (χ3v) is 2.18. The lowest BCUT2D eigenvalue weighted by atomic mass is 9.77. The summed E-state index contributed by atoms with van der Waals surface area (Å²) in [6.07, 6.45) is 0. The normalized spacial score (nSPS) is 12.8. The predicted molar refractivity (Wildman–Crippen MR) is 59.3 cm³/mol. The first-order chi connectivity index (χ1) is 6.55. The summed E-state index contributed by atoms with van der Waals surface area (Å²) in [7, 11) is 0. The van der Waals surface area contributed by atoms with Crippen LogP contribution in [0.3, 0.4) is 0 Å². The quantitative estimate of drug-likeness (QED) is 0.619. The Morgan fingerprint density at radius 3 is 2.21 bits per heavy atom. The Morgan fingerprint density at radius 2 is 1.79 bits per heavy atom. The summed E-state index contributed by atoms with van der Waals surface area (Å²) >= 11 is 0. The monoisotopic (exact) mass is 189 g/mol. The second-order valence-electron chi connectivity index (χ2n) is 4.43. The number of benzene rings is 1. The summed E-state index contributed by atoms with van der Waals surface area (Å²) in [6, 6.07) is 12.5. The van der Waals surface area contributed by atoms with Gasteiger partial charge >= 0.3 is 6.07 Å². The molecule has 2 nitrogen and oxygen atoms in total. The highest BCUT2D eigenvalue weighted by molar-refractivity contribution is 5.28. The summed E-state index contributed by atoms with van der Waals surface area (Å²) in [5.41, 5.74) is 1.05. The maximum atomic E-state index is 10.3. The van der Waals surface area contributed by atoms with Gasteiger partial charge in [0.05, 0.1) is 0 Å². The van der Waals surface area contributed by atoms with Crippen LogP contribution in [-0.2, 0) is 0 Å². The molecule has 1 rings (SSSR count). The van der Waals surface area contributed by atoms with Crippen LogP contribution >= 0.6 is 0 Å². The highest BCUT2D eigenvalue weighted by Crippen LogP contribution is 2.34. The molecule has 1 atom stereocenters. The highest BCUT2D eigenvalue weighted by Gasteiger charge is 2.29. The second-order valence-corrected chi connectivity index (χ2v) is 4.43. The van der Waals surface area contributed by atoms with E-state index in [-0.39, 0.29) is 11.3 Å². The minimum atomic E-state index is -0.0406. The molecule has 0 saturated heterocycles. The van der Waals surface area contributed by atoms with Gasteiger partial charge in [-0.15, -0.1) is 0 Å². The summed E-state index contributed by atoms with van der Waals surface area (Å²) in [4.78, 5) is 0. The van der Waals surface area contributed by atoms with E-state index in [1.54, 1.807) is 0 Å². The summed E-state index contributed by atoms with van der Waals surface area (Å²) < 4.78 is 0. The van der Waals surface area contributed by atoms with Crippen LogP contribution in [0.5, 0.6) is 0 Å². The molecular weight excluding hydrogens is 174 g/mol. The molecule has 1 unspecified atom stereocenters. The molecule has 0 spiro atoms. The van der Waals surface area contributed by atoms with Gasteiger partial charge in [0.15, 0.2) is 0 Å². The van der Waals surface area contributed by atoms with Gasteiger partial charge in [0.25, 0.3) is 0 Å². The van der Waals surface area contributed by atoms with Crippen LogP contribution in [0.1, 0.15) is 32.3 Å². The first kappa shape index (κ1) is 10.6. The van der Waals surface area contributed by atoms with Gasteiger partial charge < -0.3 is 5.21 Å². The molecule has 14 heavy (non-hydrogen) atoms. The molecule has 0 bridgehead atoms. The average molecular weight is 189 g/mol. The highest BCUT2D eigenvalue weighted by atomic mass is 16.4. The zero-order chi connectivity index (χ0) is 10.6. The zero-order valence-electron chi connectivity index (χ0n) is 8.82. The van der Waals surface area contributed by atoms with Crippen molar-refractivity contribution in [2.24, 2.45) is 5.41 Å². The van der Waals surface area contributed by atoms with Crippen molar-refractivity contribution in [3.8, 4) is 6.07 Å². The number of rotatable bonds is 1. The third-order valence-electron chi connectivity index (χ3n) is 2.18. The molecule has 0 radical (unpaired) electrons. The van der Waals surface area contributed by atoms with Crippen LogP contribution < -0.4 is 0 Å². The fourth-order valence-electron chi connectivity index (χ4n) is 1.47. The topological polar surface area (TPSA) is 27.4 Å². The maximum Gasteiger partial charge on any atom is 0.307 e. The van der Waals surface area contributed by atoms with Gasteiger partial charge in [0.1, 0.15) is 5.92 Å². The lowest BCUT2D eigenvalue weighted by Crippen LogP contribution is -2.16. The van der Waals surface area contributed by atoms with Crippen LogP contribution in [-0.4, -0.2) is 0 Å². The lowest BCUT2D eigenvalue weighted by Gasteiger charge is -2.22. The van der Waals surface area contributed by atoms with Crippen LogP contribution in [0.4, 0.5) is 0 Å². The Labute approximate surface area is 85.0 Å². The fraction of sp³-hybridized carbons (Fsp3) is 0.417. The fourth-order valence-corrected chi connectivity index (χ4v) is 1.47. The molecule has 0 aliphatic rings. The summed E-state index contributed by atoms with van der Waals surface area (Å²) in [5.74, 6) is -0.0406. The molecule has 0 aliphatic heterocycles. The van der Waals surface area contributed by atoms with Gasteiger partial charge in [0.2, 0.25) is 0 Å². The van der Waals surface area contributed by atoms with Crippen molar-refractivity contribution in [3.05, 3.63) is 46.1 Å². The van der Waals surface area contributed by atoms with Crippen LogP contribution in [0.2, 0.25) is 0 Å². The minimum Gasteiger partial charge on any atom is -0.498 e. The molecule has 0 aliphatic carbocycles. The lowest BCUT2D eigenvalue weighted by molar-refractivity contribution is 0.375. The van der Waals surface area contributed by atoms with Gasteiger partial charge in [-0.1, -0.05) is 51.1 Å². The van der Waals surface area contributed by atoms with E-state index in [9.17, 15) is 5.21 Å². The van der Waals surface area contributed by atoms with E-state index in [2.05, 4.69) is 31.8 Å². The van der Waals surface area contributed by atoms with Gasteiger partial charge in [-0.05, 0) is 11.0 Å². The van der Waals surface area contributed by atoms with E-state index in [1.165, 1.54) is 0 Å². The predicted octanol–water partition coefficient (Wildman–Crippen LogP) is 3.65. The minimum absolute atomic E-state index is 0.0325. The maximum absolute atomic E-state index is 10.3. The second kappa shape index (κ2) is 4.15. The van der Waals surface area contributed by atoms with Crippen molar-refractivity contribution >= 4 is 0 Å². The van der Waals surface area contributed by atoms with Gasteiger partial charge in [-0.3, -0.25) is 0 Å². The van der Waals surface area contributed by atoms with Gasteiger partial charge in [0, 0.05) is 5.01 Å². The van der Waals surface area contributed by atoms with E-state index in [1.807, 2.05) is 30.3 Å². The Hall–Kier alpha value is -1.49. The van der Waals surface area contributed by atoms with Crippen LogP contribution in [0.15, 0.2) is 30.3 Å². The first-order valence-corrected chi connectivity index (χ1v) is 4.68. The molecule has 0 aromatic heterocycles. The summed E-state index contributed by atoms with van der Waals surface area (Å²) in [5, 5.41) is 13.1. The average Bonchev–Trinajstić information content (AvgIpc) is 2.14. The van der Waals surface area contributed by atoms with Crippen molar-refractivity contribution in [2.75, 3.05) is 0 Å². The SMILES string of the molecule is CC(C)(C)C(C#[N+][O-])c1ccccc1. The molecule has 0 saturated carbocycles. The smallest absolute Gasteiger partial charge is 0.307 e. The van der Waals surface area contributed by atoms with Crippen molar-refractivity contribution < 1.29 is 0 Å². The Morgan fingerprint density at radius 1 is 1.21 bits per heavy atom. The van der Waals surface area contributed by atoms with Crippen molar-refractivity contribution in [2.45, 2.75) is 26.7 Å². The Bertz CT molecular complexity index is 340. The van der Waals surface area contributed by atoms with E-state index in [0.717, 1.165) is 5.56 Å². The number of hydrogen-bond acceptors (Lipinski definition) is 1. The van der Waals surface area contributed by atoms with E-state index in [4.69, 9.17) is 0 Å². The zero-order valence-corrected chi connectivity index (χ0v) is 8.82. The van der Waals surface area contributed by atoms with E-state index >= 15 is 0 Å². The standard InChI is InChI=1S/C12H15NO/c1-12(2,3)11(9-13-14)10-7-5-4-6-8-10/h4-8,11H,1-3H3. The number of nitrogens with zero attached hydrogens (tertiary/aromatic N) is 1. The Balaban J connectivity index is 3.06. The van der Waals surface area contributed by atoms with E-state index < -0.39 is 0 Å². The number of hydrogen-bond donors (Lipinski definition) is 0. The third kappa shape index (κ3) is 2.50. The largest absolute Gasteiger partial charge is 0.498 e.